The lowest BCUT2D eigenvalue weighted by molar-refractivity contribution is 0.275. The fourth-order valence-corrected chi connectivity index (χ4v) is 5.48. The van der Waals surface area contributed by atoms with Crippen molar-refractivity contribution in [2.24, 2.45) is 11.8 Å². The molecule has 0 spiro atoms. The summed E-state index contributed by atoms with van der Waals surface area (Å²) in [6.45, 7) is 13.9. The van der Waals surface area contributed by atoms with Gasteiger partial charge in [0.25, 0.3) is 0 Å². The minimum absolute atomic E-state index is 0.655. The number of nitrogens with zero attached hydrogens (tertiary/aromatic N) is 1. The van der Waals surface area contributed by atoms with Crippen molar-refractivity contribution in [3.8, 4) is 11.5 Å². The van der Waals surface area contributed by atoms with Gasteiger partial charge in [0.2, 0.25) is 0 Å². The third kappa shape index (κ3) is 9.88. The quantitative estimate of drug-likeness (QED) is 0.127. The fourth-order valence-electron chi connectivity index (χ4n) is 5.48. The second kappa shape index (κ2) is 16.7. The number of hydrogen-bond acceptors (Lipinski definition) is 3. The summed E-state index contributed by atoms with van der Waals surface area (Å²) in [5.41, 5.74) is 9.03. The third-order valence-corrected chi connectivity index (χ3v) is 8.25. The van der Waals surface area contributed by atoms with Gasteiger partial charge in [0, 0.05) is 28.2 Å². The highest BCUT2D eigenvalue weighted by molar-refractivity contribution is 5.79. The lowest BCUT2D eigenvalue weighted by Gasteiger charge is -2.25. The van der Waals surface area contributed by atoms with Gasteiger partial charge in [-0.2, -0.15) is 0 Å². The van der Waals surface area contributed by atoms with Gasteiger partial charge >= 0.3 is 0 Å². The van der Waals surface area contributed by atoms with Gasteiger partial charge < -0.3 is 14.4 Å². The second-order valence-corrected chi connectivity index (χ2v) is 12.6. The first-order valence-electron chi connectivity index (χ1n) is 16.5. The molecular weight excluding hydrogens is 550 g/mol. The molecule has 0 aromatic heterocycles. The summed E-state index contributed by atoms with van der Waals surface area (Å²) in [7, 11) is 1.73. The molecule has 4 aromatic rings. The molecule has 1 atom stereocenters. The molecule has 4 rings (SSSR count). The van der Waals surface area contributed by atoms with Crippen LogP contribution in [-0.4, -0.2) is 13.7 Å². The van der Waals surface area contributed by atoms with E-state index in [0.717, 1.165) is 57.6 Å². The molecule has 236 valence electrons. The number of benzene rings is 4. The summed E-state index contributed by atoms with van der Waals surface area (Å²) in [6.07, 6.45) is 13.3. The molecule has 1 unspecified atom stereocenters. The lowest BCUT2D eigenvalue weighted by Crippen LogP contribution is -2.09. The van der Waals surface area contributed by atoms with Crippen molar-refractivity contribution in [3.63, 3.8) is 0 Å². The maximum Gasteiger partial charge on any atom is 0.127 e. The Morgan fingerprint density at radius 3 is 1.71 bits per heavy atom. The summed E-state index contributed by atoms with van der Waals surface area (Å²) in [6, 6.07) is 30.3. The topological polar surface area (TPSA) is 21.7 Å². The van der Waals surface area contributed by atoms with Crippen molar-refractivity contribution in [2.75, 3.05) is 18.6 Å². The Bertz CT molecular complexity index is 1480. The molecule has 3 nitrogen and oxygen atoms in total. The van der Waals surface area contributed by atoms with E-state index < -0.39 is 0 Å². The Morgan fingerprint density at radius 2 is 1.18 bits per heavy atom. The van der Waals surface area contributed by atoms with E-state index in [9.17, 15) is 0 Å². The first-order valence-corrected chi connectivity index (χ1v) is 16.5. The fraction of sp³-hybridized carbons (Fsp3) is 0.333. The van der Waals surface area contributed by atoms with Crippen LogP contribution in [0.25, 0.3) is 18.2 Å². The van der Waals surface area contributed by atoms with Crippen LogP contribution >= 0.6 is 0 Å². The van der Waals surface area contributed by atoms with Gasteiger partial charge in [-0.25, -0.2) is 0 Å². The van der Waals surface area contributed by atoms with Gasteiger partial charge in [-0.05, 0) is 93.1 Å². The van der Waals surface area contributed by atoms with Crippen molar-refractivity contribution < 1.29 is 9.47 Å². The highest BCUT2D eigenvalue weighted by Gasteiger charge is 2.13. The molecule has 0 radical (unpaired) electrons. The van der Waals surface area contributed by atoms with Crippen molar-refractivity contribution in [2.45, 2.75) is 67.2 Å². The number of ether oxygens (including phenoxy) is 2. The molecule has 0 saturated heterocycles. The molecule has 0 aliphatic rings. The molecule has 0 amide bonds. The second-order valence-electron chi connectivity index (χ2n) is 12.6. The van der Waals surface area contributed by atoms with Crippen molar-refractivity contribution in [1.29, 1.82) is 0 Å². The van der Waals surface area contributed by atoms with Crippen LogP contribution in [0.1, 0.15) is 81.2 Å². The van der Waals surface area contributed by atoms with Gasteiger partial charge in [-0.3, -0.25) is 0 Å². The van der Waals surface area contributed by atoms with Gasteiger partial charge in [-0.1, -0.05) is 112 Å². The van der Waals surface area contributed by atoms with E-state index in [1.807, 2.05) is 13.0 Å². The smallest absolute Gasteiger partial charge is 0.127 e. The highest BCUT2D eigenvalue weighted by Crippen LogP contribution is 2.36. The van der Waals surface area contributed by atoms with Crippen molar-refractivity contribution >= 4 is 35.3 Å². The van der Waals surface area contributed by atoms with E-state index in [1.165, 1.54) is 30.4 Å². The van der Waals surface area contributed by atoms with E-state index >= 15 is 0 Å². The largest absolute Gasteiger partial charge is 0.496 e. The number of rotatable bonds is 15. The van der Waals surface area contributed by atoms with Crippen LogP contribution in [0.2, 0.25) is 0 Å². The van der Waals surface area contributed by atoms with Crippen molar-refractivity contribution in [3.05, 3.63) is 119 Å². The maximum atomic E-state index is 6.37. The zero-order valence-corrected chi connectivity index (χ0v) is 28.3. The predicted molar refractivity (Wildman–Crippen MR) is 195 cm³/mol. The monoisotopic (exact) mass is 601 g/mol. The van der Waals surface area contributed by atoms with Gasteiger partial charge in [0.05, 0.1) is 13.7 Å². The number of allylic oxidation sites excluding steroid dienone is 1. The zero-order valence-electron chi connectivity index (χ0n) is 28.3. The summed E-state index contributed by atoms with van der Waals surface area (Å²) >= 11 is 0. The summed E-state index contributed by atoms with van der Waals surface area (Å²) in [5, 5.41) is 0. The Morgan fingerprint density at radius 1 is 0.644 bits per heavy atom. The number of methoxy groups -OCH3 is 1. The average molecular weight is 602 g/mol. The number of anilines is 3. The first kappa shape index (κ1) is 33.6. The van der Waals surface area contributed by atoms with Gasteiger partial charge in [0.15, 0.2) is 0 Å². The molecule has 0 heterocycles. The average Bonchev–Trinajstić information content (AvgIpc) is 3.03. The Hall–Kier alpha value is -4.24. The standard InChI is InChI=1S/C42H51NO2/c1-8-10-36-29-41(44-7)37(30-42(36)45-28-27-32(4)12-9-11-31(2)3)20-17-35-18-25-40(26-19-35)43(38-21-13-33(5)14-22-38)39-23-15-34(6)16-24-39/h8,10,13-26,29-32H,9,11-12,27-28H2,1-7H3. The molecule has 0 aliphatic heterocycles. The van der Waals surface area contributed by atoms with Crippen LogP contribution in [0.15, 0.2) is 91.0 Å². The zero-order chi connectivity index (χ0) is 32.2. The van der Waals surface area contributed by atoms with Crippen molar-refractivity contribution in [1.82, 2.24) is 0 Å². The molecule has 0 fully saturated rings. The minimum atomic E-state index is 0.655. The van der Waals surface area contributed by atoms with E-state index in [1.54, 1.807) is 7.11 Å². The number of hydrogen-bond donors (Lipinski definition) is 0. The normalized spacial score (nSPS) is 12.3. The molecule has 4 aromatic carbocycles. The van der Waals surface area contributed by atoms with Crippen LogP contribution in [0, 0.1) is 25.7 Å². The van der Waals surface area contributed by atoms with Gasteiger partial charge in [-0.15, -0.1) is 0 Å². The highest BCUT2D eigenvalue weighted by atomic mass is 16.5. The van der Waals surface area contributed by atoms with Crippen LogP contribution in [-0.2, 0) is 0 Å². The van der Waals surface area contributed by atoms with E-state index in [4.69, 9.17) is 9.47 Å². The molecule has 45 heavy (non-hydrogen) atoms. The number of aryl methyl sites for hydroxylation is 2. The first-order chi connectivity index (χ1) is 21.8. The van der Waals surface area contributed by atoms with Gasteiger partial charge in [0.1, 0.15) is 11.5 Å². The van der Waals surface area contributed by atoms with E-state index in [-0.39, 0.29) is 0 Å². The molecule has 0 N–H and O–H groups in total. The summed E-state index contributed by atoms with van der Waals surface area (Å²) in [4.78, 5) is 2.30. The van der Waals surface area contributed by atoms with E-state index in [2.05, 4.69) is 143 Å². The van der Waals surface area contributed by atoms with E-state index in [0.29, 0.717) is 12.5 Å². The maximum absolute atomic E-state index is 6.37. The Kier molecular flexibility index (Phi) is 12.5. The van der Waals surface area contributed by atoms with Crippen LogP contribution in [0.5, 0.6) is 11.5 Å². The minimum Gasteiger partial charge on any atom is -0.496 e. The SMILES string of the molecule is CC=Cc1cc(OC)c(C=Cc2ccc(N(c3ccc(C)cc3)c3ccc(C)cc3)cc2)cc1OCCC(C)CCCC(C)C. The Balaban J connectivity index is 1.53. The van der Waals surface area contributed by atoms with Crippen LogP contribution in [0.4, 0.5) is 17.1 Å². The van der Waals surface area contributed by atoms with Crippen LogP contribution < -0.4 is 14.4 Å². The lowest BCUT2D eigenvalue weighted by atomic mass is 9.98. The van der Waals surface area contributed by atoms with Crippen LogP contribution in [0.3, 0.4) is 0 Å². The predicted octanol–water partition coefficient (Wildman–Crippen LogP) is 12.2. The molecule has 0 bridgehead atoms. The molecule has 0 aliphatic carbocycles. The third-order valence-electron chi connectivity index (χ3n) is 8.25. The molecular formula is C42H51NO2. The summed E-state index contributed by atoms with van der Waals surface area (Å²) < 4.78 is 12.2. The molecule has 0 saturated carbocycles. The summed E-state index contributed by atoms with van der Waals surface area (Å²) in [5.74, 6) is 3.15. The Labute approximate surface area is 272 Å². The molecule has 3 heteroatoms.